The number of carbonyl (C=O) groups excluding carboxylic acids is 1. The van der Waals surface area contributed by atoms with E-state index in [0.29, 0.717) is 19.8 Å². The van der Waals surface area contributed by atoms with E-state index in [1.807, 2.05) is 33.8 Å². The molecule has 0 N–H and O–H groups in total. The number of rotatable bonds is 10. The largest absolute Gasteiger partial charge is 2.00 e. The molecule has 1 spiro atoms. The normalized spacial score (nSPS) is 18.3. The summed E-state index contributed by atoms with van der Waals surface area (Å²) in [5.41, 5.74) is 2.79. The fourth-order valence-corrected chi connectivity index (χ4v) is 5.15. The maximum Gasteiger partial charge on any atom is 2.00 e. The summed E-state index contributed by atoms with van der Waals surface area (Å²) < 4.78 is 13.5. The first-order chi connectivity index (χ1) is 18.3. The first-order valence-electron chi connectivity index (χ1n) is 13.5. The summed E-state index contributed by atoms with van der Waals surface area (Å²) in [6, 6.07) is 7.83. The molecule has 0 atom stereocenters. The van der Waals surface area contributed by atoms with Gasteiger partial charge in [0.1, 0.15) is 0 Å². The number of carbonyl (C=O) groups is 1. The number of para-hydroxylation sites is 1. The van der Waals surface area contributed by atoms with Crippen LogP contribution < -0.4 is 4.90 Å². The molecule has 4 aliphatic rings. The number of nitrogens with zero attached hydrogens (tertiary/aromatic N) is 4. The Morgan fingerprint density at radius 2 is 1.53 bits per heavy atom. The number of benzene rings is 1. The third-order valence-corrected chi connectivity index (χ3v) is 7.09. The average molecular weight is 556 g/mol. The van der Waals surface area contributed by atoms with E-state index in [2.05, 4.69) is 65.1 Å². The van der Waals surface area contributed by atoms with Crippen LogP contribution in [0.2, 0.25) is 0 Å². The van der Waals surface area contributed by atoms with Crippen LogP contribution in [0.4, 0.5) is 5.69 Å². The van der Waals surface area contributed by atoms with Crippen LogP contribution >= 0.6 is 0 Å². The number of unbranched alkanes of at least 4 members (excludes halogenated alkanes) is 5. The maximum atomic E-state index is 13.1. The minimum Gasteiger partial charge on any atom is -0.336 e. The molecule has 38 heavy (non-hydrogen) atoms. The van der Waals surface area contributed by atoms with Crippen molar-refractivity contribution in [2.24, 2.45) is 0 Å². The summed E-state index contributed by atoms with van der Waals surface area (Å²) in [7, 11) is 0. The van der Waals surface area contributed by atoms with Crippen molar-refractivity contribution in [1.82, 2.24) is 15.0 Å². The van der Waals surface area contributed by atoms with Crippen LogP contribution in [0.5, 0.6) is 0 Å². The van der Waals surface area contributed by atoms with E-state index in [4.69, 9.17) is 9.47 Å². The molecule has 8 heteroatoms. The van der Waals surface area contributed by atoms with E-state index in [9.17, 15) is 4.79 Å². The summed E-state index contributed by atoms with van der Waals surface area (Å²) in [6.45, 7) is 2.53. The van der Waals surface area contributed by atoms with Gasteiger partial charge in [-0.15, -0.1) is 5.10 Å². The SMILES string of the molecule is C1=CCC=C1.O=C1N(CCCCCCCCn2cc(C3C=CC=C3)nn2)c2ccccc2C12OCCO2.[Fe+2]. The van der Waals surface area contributed by atoms with Crippen LogP contribution in [-0.2, 0) is 43.7 Å². The number of fused-ring (bicyclic) bond motifs is 2. The second kappa shape index (κ2) is 13.9. The number of anilines is 1. The number of allylic oxidation sites excluding steroid dienone is 8. The minimum atomic E-state index is -1.21. The molecule has 1 amide bonds. The second-order valence-electron chi connectivity index (χ2n) is 9.70. The molecule has 1 aromatic carbocycles. The number of amides is 1. The van der Waals surface area contributed by atoms with Crippen LogP contribution in [0.15, 0.2) is 79.1 Å². The van der Waals surface area contributed by atoms with Crippen molar-refractivity contribution in [2.75, 3.05) is 24.7 Å². The first kappa shape index (κ1) is 28.2. The monoisotopic (exact) mass is 556 g/mol. The summed E-state index contributed by atoms with van der Waals surface area (Å²) in [5.74, 6) is -1.01. The van der Waals surface area contributed by atoms with Crippen LogP contribution in [-0.4, -0.2) is 40.7 Å². The Morgan fingerprint density at radius 1 is 0.868 bits per heavy atom. The van der Waals surface area contributed by atoms with Gasteiger partial charge in [-0.05, 0) is 25.3 Å². The molecular formula is C30H36FeN4O3+2. The molecule has 2 aliphatic heterocycles. The molecule has 1 fully saturated rings. The smallest absolute Gasteiger partial charge is 0.336 e. The predicted octanol–water partition coefficient (Wildman–Crippen LogP) is 5.57. The van der Waals surface area contributed by atoms with E-state index in [1.54, 1.807) is 0 Å². The summed E-state index contributed by atoms with van der Waals surface area (Å²) >= 11 is 0. The molecule has 1 aromatic heterocycles. The first-order valence-corrected chi connectivity index (χ1v) is 13.5. The number of aromatic nitrogens is 3. The maximum absolute atomic E-state index is 13.1. The molecule has 2 aromatic rings. The fraction of sp³-hybridized carbons (Fsp3) is 0.433. The van der Waals surface area contributed by atoms with Crippen LogP contribution in [0.25, 0.3) is 0 Å². The summed E-state index contributed by atoms with van der Waals surface area (Å²) in [4.78, 5) is 14.9. The van der Waals surface area contributed by atoms with E-state index < -0.39 is 5.79 Å². The van der Waals surface area contributed by atoms with E-state index in [0.717, 1.165) is 49.2 Å². The molecule has 2 aliphatic carbocycles. The molecule has 0 bridgehead atoms. The van der Waals surface area contributed by atoms with Crippen molar-refractivity contribution in [2.45, 2.75) is 63.2 Å². The van der Waals surface area contributed by atoms with Gasteiger partial charge in [-0.3, -0.25) is 9.48 Å². The molecule has 0 radical (unpaired) electrons. The number of hydrogen-bond acceptors (Lipinski definition) is 5. The molecule has 1 saturated heterocycles. The fourth-order valence-electron chi connectivity index (χ4n) is 5.15. The zero-order valence-electron chi connectivity index (χ0n) is 21.7. The Hall–Kier alpha value is -2.77. The third kappa shape index (κ3) is 6.44. The van der Waals surface area contributed by atoms with Crippen molar-refractivity contribution in [3.05, 3.63) is 90.3 Å². The Bertz CT molecular complexity index is 1160. The summed E-state index contributed by atoms with van der Waals surface area (Å²) in [5, 5.41) is 8.53. The van der Waals surface area contributed by atoms with Gasteiger partial charge < -0.3 is 14.4 Å². The van der Waals surface area contributed by atoms with Gasteiger partial charge in [-0.2, -0.15) is 0 Å². The minimum absolute atomic E-state index is 0. The number of ether oxygens (including phenoxy) is 2. The van der Waals surface area contributed by atoms with Crippen molar-refractivity contribution < 1.29 is 31.3 Å². The van der Waals surface area contributed by atoms with E-state index >= 15 is 0 Å². The van der Waals surface area contributed by atoms with Gasteiger partial charge in [0.25, 0.3) is 11.7 Å². The predicted molar refractivity (Wildman–Crippen MR) is 144 cm³/mol. The second-order valence-corrected chi connectivity index (χ2v) is 9.70. The molecule has 200 valence electrons. The standard InChI is InChI=1S/C25H30N4O3.C5H6.Fe/c30-24-25(31-17-18-32-25)21-13-7-8-14-23(21)29(24)16-10-4-2-1-3-9-15-28-19-22(26-27-28)20-11-5-6-12-20;1-2-4-5-3-1;/h5-8,11-14,19-20H,1-4,9-10,15-18H2;1-4H,5H2;/q;;+2. The van der Waals surface area contributed by atoms with Gasteiger partial charge >= 0.3 is 17.1 Å². The zero-order valence-corrected chi connectivity index (χ0v) is 22.8. The molecular weight excluding hydrogens is 520 g/mol. The molecule has 6 rings (SSSR count). The quantitative estimate of drug-likeness (QED) is 0.283. The third-order valence-electron chi connectivity index (χ3n) is 7.09. The Labute approximate surface area is 235 Å². The number of aryl methyl sites for hydroxylation is 1. The van der Waals surface area contributed by atoms with Gasteiger partial charge in [0.2, 0.25) is 0 Å². The molecule has 7 nitrogen and oxygen atoms in total. The van der Waals surface area contributed by atoms with Crippen molar-refractivity contribution in [3.8, 4) is 0 Å². The van der Waals surface area contributed by atoms with E-state index in [-0.39, 0.29) is 28.9 Å². The van der Waals surface area contributed by atoms with Crippen LogP contribution in [0.1, 0.15) is 62.1 Å². The Balaban J connectivity index is 0.000000504. The van der Waals surface area contributed by atoms with Gasteiger partial charge in [0.15, 0.2) is 0 Å². The van der Waals surface area contributed by atoms with Gasteiger partial charge in [0, 0.05) is 30.8 Å². The zero-order chi connectivity index (χ0) is 25.3. The average Bonchev–Trinajstić information content (AvgIpc) is 3.76. The van der Waals surface area contributed by atoms with Crippen LogP contribution in [0.3, 0.4) is 0 Å². The number of hydrogen-bond donors (Lipinski definition) is 0. The van der Waals surface area contributed by atoms with Crippen LogP contribution in [0, 0.1) is 0 Å². The van der Waals surface area contributed by atoms with Gasteiger partial charge in [-0.25, -0.2) is 0 Å². The van der Waals surface area contributed by atoms with E-state index in [1.165, 1.54) is 19.3 Å². The molecule has 3 heterocycles. The molecule has 0 unspecified atom stereocenters. The van der Waals surface area contributed by atoms with Gasteiger partial charge in [0.05, 0.1) is 24.6 Å². The van der Waals surface area contributed by atoms with Crippen molar-refractivity contribution in [3.63, 3.8) is 0 Å². The Kier molecular flexibility index (Phi) is 10.3. The molecule has 0 saturated carbocycles. The Morgan fingerprint density at radius 3 is 2.21 bits per heavy atom. The van der Waals surface area contributed by atoms with Crippen molar-refractivity contribution in [1.29, 1.82) is 0 Å². The van der Waals surface area contributed by atoms with Crippen molar-refractivity contribution >= 4 is 11.6 Å². The topological polar surface area (TPSA) is 69.5 Å². The summed E-state index contributed by atoms with van der Waals surface area (Å²) in [6.07, 6.45) is 26.7. The van der Waals surface area contributed by atoms with Gasteiger partial charge in [-0.1, -0.05) is 97.7 Å².